The monoisotopic (exact) mass is 577 g/mol. The number of carbonyl (C=O) groups excluding carboxylic acids is 1. The Kier molecular flexibility index (Phi) is 7.04. The van der Waals surface area contributed by atoms with Crippen LogP contribution >= 0.6 is 0 Å². The molecule has 6 rings (SSSR count). The van der Waals surface area contributed by atoms with Crippen molar-refractivity contribution in [1.82, 2.24) is 19.5 Å². The zero-order valence-electron chi connectivity index (χ0n) is 25.0. The molecule has 2 aromatic heterocycles. The molecule has 1 aliphatic rings. The number of aromatic nitrogens is 3. The van der Waals surface area contributed by atoms with Crippen LogP contribution in [0.3, 0.4) is 0 Å². The fourth-order valence-electron chi connectivity index (χ4n) is 6.08. The number of nitrogens with zero attached hydrogens (tertiary/aromatic N) is 5. The van der Waals surface area contributed by atoms with Crippen LogP contribution in [-0.2, 0) is 4.74 Å². The summed E-state index contributed by atoms with van der Waals surface area (Å²) in [6.45, 7) is 11.1. The zero-order valence-corrected chi connectivity index (χ0v) is 25.0. The highest BCUT2D eigenvalue weighted by Gasteiger charge is 2.34. The van der Waals surface area contributed by atoms with E-state index >= 15 is 0 Å². The largest absolute Gasteiger partial charge is 0.478 e. The minimum atomic E-state index is -0.955. The van der Waals surface area contributed by atoms with Gasteiger partial charge in [0.05, 0.1) is 11.8 Å². The highest BCUT2D eigenvalue weighted by Crippen LogP contribution is 2.34. The Morgan fingerprint density at radius 3 is 2.21 bits per heavy atom. The Hall–Kier alpha value is -4.92. The lowest BCUT2D eigenvalue weighted by atomic mass is 9.97. The van der Waals surface area contributed by atoms with Gasteiger partial charge in [-0.15, -0.1) is 0 Å². The van der Waals surface area contributed by atoms with Crippen LogP contribution in [0, 0.1) is 0 Å². The van der Waals surface area contributed by atoms with Gasteiger partial charge in [0.2, 0.25) is 0 Å². The van der Waals surface area contributed by atoms with Crippen molar-refractivity contribution in [3.8, 4) is 22.3 Å². The molecule has 0 spiro atoms. The normalized spacial score (nSPS) is 17.4. The molecule has 5 aromatic rings. The van der Waals surface area contributed by atoms with E-state index in [1.54, 1.807) is 27.7 Å². The molecule has 1 amide bonds. The topological polar surface area (TPSA) is 100 Å². The van der Waals surface area contributed by atoms with Gasteiger partial charge in [0, 0.05) is 54.4 Å². The molecule has 220 valence electrons. The van der Waals surface area contributed by atoms with Gasteiger partial charge in [0.25, 0.3) is 0 Å². The third-order valence-corrected chi connectivity index (χ3v) is 7.87. The van der Waals surface area contributed by atoms with Crippen LogP contribution in [-0.4, -0.2) is 67.4 Å². The van der Waals surface area contributed by atoms with Crippen molar-refractivity contribution in [2.75, 3.05) is 18.0 Å². The third-order valence-electron chi connectivity index (χ3n) is 7.87. The fourth-order valence-corrected chi connectivity index (χ4v) is 6.08. The van der Waals surface area contributed by atoms with Gasteiger partial charge in [-0.2, -0.15) is 5.10 Å². The van der Waals surface area contributed by atoms with Gasteiger partial charge in [0.15, 0.2) is 5.65 Å². The lowest BCUT2D eigenvalue weighted by Gasteiger charge is -2.45. The maximum absolute atomic E-state index is 12.7. The Morgan fingerprint density at radius 1 is 0.860 bits per heavy atom. The lowest BCUT2D eigenvalue weighted by molar-refractivity contribution is 0.0192. The number of rotatable bonds is 4. The molecule has 9 heteroatoms. The summed E-state index contributed by atoms with van der Waals surface area (Å²) in [5, 5.41) is 15.8. The number of carboxylic acid groups (broad SMARTS) is 1. The fraction of sp³-hybridized carbons (Fsp3) is 0.294. The number of amides is 1. The minimum Gasteiger partial charge on any atom is -0.478 e. The Balaban J connectivity index is 1.24. The maximum atomic E-state index is 12.7. The van der Waals surface area contributed by atoms with E-state index in [9.17, 15) is 14.7 Å². The van der Waals surface area contributed by atoms with Crippen LogP contribution in [0.15, 0.2) is 79.3 Å². The molecule has 1 saturated heterocycles. The number of fused-ring (bicyclic) bond motifs is 2. The third kappa shape index (κ3) is 5.38. The number of aromatic carboxylic acids is 1. The number of benzene rings is 3. The summed E-state index contributed by atoms with van der Waals surface area (Å²) in [4.78, 5) is 33.4. The van der Waals surface area contributed by atoms with Gasteiger partial charge in [-0.3, -0.25) is 0 Å². The number of carboxylic acids is 1. The molecule has 0 bridgehead atoms. The van der Waals surface area contributed by atoms with E-state index in [1.807, 2.05) is 57.4 Å². The van der Waals surface area contributed by atoms with E-state index in [0.29, 0.717) is 24.1 Å². The van der Waals surface area contributed by atoms with Crippen molar-refractivity contribution in [1.29, 1.82) is 0 Å². The van der Waals surface area contributed by atoms with Crippen LogP contribution in [0.5, 0.6) is 0 Å². The summed E-state index contributed by atoms with van der Waals surface area (Å²) in [5.41, 5.74) is 5.20. The highest BCUT2D eigenvalue weighted by molar-refractivity contribution is 6.09. The van der Waals surface area contributed by atoms with E-state index in [1.165, 1.54) is 0 Å². The molecule has 9 nitrogen and oxygen atoms in total. The second-order valence-corrected chi connectivity index (χ2v) is 12.2. The number of hydrogen-bond acceptors (Lipinski definition) is 6. The molecule has 2 atom stereocenters. The predicted octanol–water partition coefficient (Wildman–Crippen LogP) is 6.75. The summed E-state index contributed by atoms with van der Waals surface area (Å²) < 4.78 is 7.37. The molecule has 3 heterocycles. The van der Waals surface area contributed by atoms with Crippen LogP contribution in [0.4, 0.5) is 10.5 Å². The standard InChI is InChI=1S/C34H35N5O4/c1-21-18-37(33(42)43-34(3,4)5)19-22(2)39(21)25-14-12-23(13-15-25)24-16-35-31-30(17-36-38(31)20-24)28-10-6-9-27-26(28)8-7-11-29(27)32(40)41/h6-17,20-22H,18-19H2,1-5H3,(H,40,41). The second kappa shape index (κ2) is 10.7. The van der Waals surface area contributed by atoms with Crippen molar-refractivity contribution in [2.24, 2.45) is 0 Å². The Morgan fingerprint density at radius 2 is 1.53 bits per heavy atom. The Labute approximate surface area is 250 Å². The maximum Gasteiger partial charge on any atom is 0.410 e. The highest BCUT2D eigenvalue weighted by atomic mass is 16.6. The first-order valence-electron chi connectivity index (χ1n) is 14.5. The number of ether oxygens (including phenoxy) is 1. The summed E-state index contributed by atoms with van der Waals surface area (Å²) in [6, 6.07) is 19.6. The van der Waals surface area contributed by atoms with Crippen LogP contribution in [0.25, 0.3) is 38.7 Å². The lowest BCUT2D eigenvalue weighted by Crippen LogP contribution is -2.58. The summed E-state index contributed by atoms with van der Waals surface area (Å²) in [6.07, 6.45) is 5.31. The van der Waals surface area contributed by atoms with E-state index in [0.717, 1.165) is 33.3 Å². The van der Waals surface area contributed by atoms with Gasteiger partial charge in [-0.1, -0.05) is 42.5 Å². The quantitative estimate of drug-likeness (QED) is 0.252. The van der Waals surface area contributed by atoms with Crippen molar-refractivity contribution in [3.05, 3.63) is 84.8 Å². The van der Waals surface area contributed by atoms with Crippen molar-refractivity contribution in [2.45, 2.75) is 52.3 Å². The first kappa shape index (κ1) is 28.2. The van der Waals surface area contributed by atoms with Gasteiger partial charge < -0.3 is 19.6 Å². The van der Waals surface area contributed by atoms with Gasteiger partial charge >= 0.3 is 12.1 Å². The zero-order chi connectivity index (χ0) is 30.5. The van der Waals surface area contributed by atoms with E-state index in [4.69, 9.17) is 9.72 Å². The van der Waals surface area contributed by atoms with Gasteiger partial charge in [-0.25, -0.2) is 19.1 Å². The second-order valence-electron chi connectivity index (χ2n) is 12.2. The molecule has 1 fully saturated rings. The first-order chi connectivity index (χ1) is 20.5. The first-order valence-corrected chi connectivity index (χ1v) is 14.5. The smallest absolute Gasteiger partial charge is 0.410 e. The van der Waals surface area contributed by atoms with Crippen LogP contribution < -0.4 is 4.90 Å². The van der Waals surface area contributed by atoms with E-state index < -0.39 is 11.6 Å². The Bertz CT molecular complexity index is 1830. The number of carbonyl (C=O) groups is 2. The average molecular weight is 578 g/mol. The van der Waals surface area contributed by atoms with Crippen LogP contribution in [0.2, 0.25) is 0 Å². The molecule has 3 aromatic carbocycles. The summed E-state index contributed by atoms with van der Waals surface area (Å²) in [7, 11) is 0. The molecule has 43 heavy (non-hydrogen) atoms. The number of hydrogen-bond donors (Lipinski definition) is 1. The van der Waals surface area contributed by atoms with Crippen molar-refractivity contribution >= 4 is 34.2 Å². The number of anilines is 1. The molecule has 1 aliphatic heterocycles. The molecular weight excluding hydrogens is 542 g/mol. The number of piperazine rings is 1. The van der Waals surface area contributed by atoms with E-state index in [2.05, 4.69) is 48.1 Å². The molecule has 0 saturated carbocycles. The van der Waals surface area contributed by atoms with Gasteiger partial charge in [0.1, 0.15) is 5.60 Å². The molecular formula is C34H35N5O4. The average Bonchev–Trinajstić information content (AvgIpc) is 3.38. The van der Waals surface area contributed by atoms with Gasteiger partial charge in [-0.05, 0) is 74.7 Å². The molecule has 0 aliphatic carbocycles. The minimum absolute atomic E-state index is 0.128. The van der Waals surface area contributed by atoms with E-state index in [-0.39, 0.29) is 23.7 Å². The SMILES string of the molecule is CC1CN(C(=O)OC(C)(C)C)CC(C)N1c1ccc(-c2cnc3c(-c4cccc5c(C(=O)O)cccc45)cnn3c2)cc1. The van der Waals surface area contributed by atoms with Crippen LogP contribution in [0.1, 0.15) is 45.0 Å². The molecule has 2 unspecified atom stereocenters. The molecule has 0 radical (unpaired) electrons. The predicted molar refractivity (Wildman–Crippen MR) is 168 cm³/mol. The molecule has 1 N–H and O–H groups in total. The summed E-state index contributed by atoms with van der Waals surface area (Å²) in [5.74, 6) is -0.955. The van der Waals surface area contributed by atoms with Crippen molar-refractivity contribution < 1.29 is 19.4 Å². The summed E-state index contributed by atoms with van der Waals surface area (Å²) >= 11 is 0. The van der Waals surface area contributed by atoms with Crippen molar-refractivity contribution in [3.63, 3.8) is 0 Å².